The second-order valence-electron chi connectivity index (χ2n) is 4.89. The van der Waals surface area contributed by atoms with Crippen molar-refractivity contribution in [3.8, 4) is 11.5 Å². The van der Waals surface area contributed by atoms with Crippen LogP contribution < -0.4 is 0 Å². The smallest absolute Gasteiger partial charge is 0.338 e. The van der Waals surface area contributed by atoms with Gasteiger partial charge in [-0.05, 0) is 30.3 Å². The van der Waals surface area contributed by atoms with Crippen LogP contribution in [0.3, 0.4) is 0 Å². The van der Waals surface area contributed by atoms with Crippen LogP contribution in [0.5, 0.6) is 11.5 Å². The molecule has 0 aromatic heterocycles. The van der Waals surface area contributed by atoms with Gasteiger partial charge in [0, 0.05) is 23.6 Å². The van der Waals surface area contributed by atoms with Crippen LogP contribution in [0.4, 0.5) is 5.69 Å². The van der Waals surface area contributed by atoms with E-state index in [-0.39, 0.29) is 33.9 Å². The Morgan fingerprint density at radius 2 is 1.71 bits per heavy atom. The van der Waals surface area contributed by atoms with E-state index in [4.69, 9.17) is 0 Å². The van der Waals surface area contributed by atoms with E-state index in [1.807, 2.05) is 0 Å². The fraction of sp³-hybridized carbons (Fsp3) is 0.125. The fourth-order valence-corrected chi connectivity index (χ4v) is 2.21. The Labute approximate surface area is 136 Å². The van der Waals surface area contributed by atoms with Crippen LogP contribution in [0.15, 0.2) is 36.4 Å². The Kier molecular flexibility index (Phi) is 4.78. The highest BCUT2D eigenvalue weighted by molar-refractivity contribution is 6.07. The lowest BCUT2D eigenvalue weighted by Crippen LogP contribution is -2.13. The SMILES string of the molecule is COC(=O)c1cc(O)ccc1C(=O)Cc1cc(O)ccc1[N+](=O)[O-]. The number of esters is 1. The molecule has 0 amide bonds. The van der Waals surface area contributed by atoms with Crippen LogP contribution in [0.2, 0.25) is 0 Å². The third-order valence-electron chi connectivity index (χ3n) is 3.32. The largest absolute Gasteiger partial charge is 0.508 e. The molecular formula is C16H13NO7. The average molecular weight is 331 g/mol. The van der Waals surface area contributed by atoms with Crippen LogP contribution in [-0.2, 0) is 11.2 Å². The van der Waals surface area contributed by atoms with Crippen molar-refractivity contribution in [3.63, 3.8) is 0 Å². The summed E-state index contributed by atoms with van der Waals surface area (Å²) in [5.74, 6) is -1.86. The number of nitro groups is 1. The van der Waals surface area contributed by atoms with E-state index >= 15 is 0 Å². The van der Waals surface area contributed by atoms with Crippen molar-refractivity contribution in [1.82, 2.24) is 0 Å². The van der Waals surface area contributed by atoms with E-state index in [9.17, 15) is 29.9 Å². The molecule has 0 saturated heterocycles. The number of hydrogen-bond donors (Lipinski definition) is 2. The van der Waals surface area contributed by atoms with E-state index < -0.39 is 23.1 Å². The molecule has 0 bridgehead atoms. The lowest BCUT2D eigenvalue weighted by atomic mass is 9.97. The topological polar surface area (TPSA) is 127 Å². The lowest BCUT2D eigenvalue weighted by Gasteiger charge is -2.08. The molecule has 24 heavy (non-hydrogen) atoms. The monoisotopic (exact) mass is 331 g/mol. The van der Waals surface area contributed by atoms with Crippen LogP contribution >= 0.6 is 0 Å². The number of ketones is 1. The summed E-state index contributed by atoms with van der Waals surface area (Å²) >= 11 is 0. The molecule has 0 radical (unpaired) electrons. The number of hydrogen-bond acceptors (Lipinski definition) is 7. The van der Waals surface area contributed by atoms with E-state index in [0.717, 1.165) is 31.4 Å². The van der Waals surface area contributed by atoms with E-state index in [2.05, 4.69) is 4.74 Å². The molecule has 0 aliphatic heterocycles. The standard InChI is InChI=1S/C16H13NO7/c1-24-16(21)13-8-11(19)2-4-12(13)15(20)7-9-6-10(18)3-5-14(9)17(22)23/h2-6,8,18-19H,7H2,1H3. The summed E-state index contributed by atoms with van der Waals surface area (Å²) in [5, 5.41) is 30.0. The van der Waals surface area contributed by atoms with E-state index in [1.165, 1.54) is 12.1 Å². The van der Waals surface area contributed by atoms with Crippen molar-refractivity contribution in [1.29, 1.82) is 0 Å². The first-order valence-electron chi connectivity index (χ1n) is 6.74. The van der Waals surface area contributed by atoms with Gasteiger partial charge in [0.2, 0.25) is 0 Å². The number of rotatable bonds is 5. The minimum absolute atomic E-state index is 0.00823. The van der Waals surface area contributed by atoms with Crippen LogP contribution in [-0.4, -0.2) is 34.0 Å². The second kappa shape index (κ2) is 6.78. The molecule has 8 nitrogen and oxygen atoms in total. The summed E-state index contributed by atoms with van der Waals surface area (Å²) in [7, 11) is 1.13. The fourth-order valence-electron chi connectivity index (χ4n) is 2.21. The first-order chi connectivity index (χ1) is 11.3. The molecule has 124 valence electrons. The highest BCUT2D eigenvalue weighted by Gasteiger charge is 2.22. The van der Waals surface area contributed by atoms with Crippen molar-refractivity contribution in [2.75, 3.05) is 7.11 Å². The van der Waals surface area contributed by atoms with Crippen LogP contribution in [0.1, 0.15) is 26.3 Å². The van der Waals surface area contributed by atoms with Gasteiger partial charge >= 0.3 is 5.97 Å². The normalized spacial score (nSPS) is 10.2. The maximum absolute atomic E-state index is 12.5. The highest BCUT2D eigenvalue weighted by Crippen LogP contribution is 2.26. The molecular weight excluding hydrogens is 318 g/mol. The number of benzene rings is 2. The van der Waals surface area contributed by atoms with Gasteiger partial charge in [0.25, 0.3) is 5.69 Å². The zero-order valence-electron chi connectivity index (χ0n) is 12.6. The van der Waals surface area contributed by atoms with Crippen LogP contribution in [0.25, 0.3) is 0 Å². The first kappa shape index (κ1) is 16.9. The molecule has 0 aliphatic rings. The average Bonchev–Trinajstić information content (AvgIpc) is 2.53. The number of nitrogens with zero attached hydrogens (tertiary/aromatic N) is 1. The summed E-state index contributed by atoms with van der Waals surface area (Å²) < 4.78 is 4.56. The molecule has 0 saturated carbocycles. The summed E-state index contributed by atoms with van der Waals surface area (Å²) in [6.07, 6.45) is -0.403. The number of Topliss-reactive ketones (excluding diaryl/α,β-unsaturated/α-hetero) is 1. The highest BCUT2D eigenvalue weighted by atomic mass is 16.6. The van der Waals surface area contributed by atoms with Gasteiger partial charge in [0.05, 0.1) is 17.6 Å². The number of methoxy groups -OCH3 is 1. The number of nitro benzene ring substituents is 1. The lowest BCUT2D eigenvalue weighted by molar-refractivity contribution is -0.385. The number of phenolic OH excluding ortho intramolecular Hbond substituents is 2. The quantitative estimate of drug-likeness (QED) is 0.372. The summed E-state index contributed by atoms with van der Waals surface area (Å²) in [6.45, 7) is 0. The van der Waals surface area contributed by atoms with E-state index in [1.54, 1.807) is 0 Å². The van der Waals surface area contributed by atoms with Gasteiger partial charge in [-0.1, -0.05) is 0 Å². The third kappa shape index (κ3) is 3.49. The minimum atomic E-state index is -0.820. The maximum Gasteiger partial charge on any atom is 0.338 e. The Hall–Kier alpha value is -3.42. The molecule has 0 atom stereocenters. The number of aromatic hydroxyl groups is 2. The molecule has 2 aromatic rings. The third-order valence-corrected chi connectivity index (χ3v) is 3.32. The zero-order valence-corrected chi connectivity index (χ0v) is 12.6. The minimum Gasteiger partial charge on any atom is -0.508 e. The van der Waals surface area contributed by atoms with Crippen molar-refractivity contribution in [2.24, 2.45) is 0 Å². The van der Waals surface area contributed by atoms with Gasteiger partial charge in [-0.2, -0.15) is 0 Å². The number of carbonyl (C=O) groups is 2. The number of ether oxygens (including phenoxy) is 1. The van der Waals surface area contributed by atoms with Crippen LogP contribution in [0, 0.1) is 10.1 Å². The van der Waals surface area contributed by atoms with Crippen molar-refractivity contribution in [3.05, 3.63) is 63.2 Å². The molecule has 8 heteroatoms. The summed E-state index contributed by atoms with van der Waals surface area (Å²) in [5.41, 5.74) is -0.504. The Balaban J connectivity index is 2.43. The van der Waals surface area contributed by atoms with Gasteiger partial charge in [0.1, 0.15) is 11.5 Å². The van der Waals surface area contributed by atoms with Gasteiger partial charge in [-0.3, -0.25) is 14.9 Å². The molecule has 0 fully saturated rings. The Bertz CT molecular complexity index is 829. The van der Waals surface area contributed by atoms with Crippen molar-refractivity contribution in [2.45, 2.75) is 6.42 Å². The zero-order chi connectivity index (χ0) is 17.9. The molecule has 0 unspecified atom stereocenters. The van der Waals surface area contributed by atoms with Crippen molar-refractivity contribution < 1.29 is 29.5 Å². The summed E-state index contributed by atoms with van der Waals surface area (Å²) in [6, 6.07) is 6.89. The summed E-state index contributed by atoms with van der Waals surface area (Å²) in [4.78, 5) is 34.6. The predicted molar refractivity (Wildman–Crippen MR) is 82.2 cm³/mol. The number of carbonyl (C=O) groups excluding carboxylic acids is 2. The van der Waals surface area contributed by atoms with Gasteiger partial charge in [0.15, 0.2) is 5.78 Å². The molecule has 2 N–H and O–H groups in total. The van der Waals surface area contributed by atoms with Crippen molar-refractivity contribution >= 4 is 17.4 Å². The first-order valence-corrected chi connectivity index (χ1v) is 6.74. The Morgan fingerprint density at radius 3 is 2.33 bits per heavy atom. The second-order valence-corrected chi connectivity index (χ2v) is 4.89. The van der Waals surface area contributed by atoms with Gasteiger partial charge in [-0.15, -0.1) is 0 Å². The molecule has 2 rings (SSSR count). The van der Waals surface area contributed by atoms with Gasteiger partial charge in [-0.25, -0.2) is 4.79 Å². The predicted octanol–water partition coefficient (Wildman–Crippen LogP) is 2.22. The number of phenols is 2. The molecule has 0 spiro atoms. The Morgan fingerprint density at radius 1 is 1.08 bits per heavy atom. The van der Waals surface area contributed by atoms with Gasteiger partial charge < -0.3 is 14.9 Å². The van der Waals surface area contributed by atoms with E-state index in [0.29, 0.717) is 0 Å². The molecule has 0 aliphatic carbocycles. The molecule has 0 heterocycles. The maximum atomic E-state index is 12.5. The molecule has 2 aromatic carbocycles.